The molecule has 0 spiro atoms. The Hall–Kier alpha value is -1.09. The molecule has 0 bridgehead atoms. The third-order valence-corrected chi connectivity index (χ3v) is 9.82. The molecule has 7 atom stereocenters. The van der Waals surface area contributed by atoms with Crippen LogP contribution in [0.25, 0.3) is 0 Å². The number of carbonyl (C=O) groups is 1. The van der Waals surface area contributed by atoms with Crippen LogP contribution in [0.1, 0.15) is 91.4 Å². The van der Waals surface area contributed by atoms with Crippen LogP contribution in [0, 0.1) is 34.5 Å². The van der Waals surface area contributed by atoms with E-state index < -0.39 is 0 Å². The first-order valence-electron chi connectivity index (χ1n) is 12.5. The van der Waals surface area contributed by atoms with Gasteiger partial charge in [-0.15, -0.1) is 0 Å². The van der Waals surface area contributed by atoms with Gasteiger partial charge in [0.05, 0.1) is 13.2 Å². The number of aliphatic hydroxyl groups excluding tert-OH is 1. The number of hydrogen-bond donors (Lipinski definition) is 1. The molecule has 0 saturated heterocycles. The zero-order valence-electron chi connectivity index (χ0n) is 19.6. The van der Waals surface area contributed by atoms with Crippen molar-refractivity contribution in [1.82, 2.24) is 0 Å². The lowest BCUT2D eigenvalue weighted by molar-refractivity contribution is -0.140. The number of fused-ring (bicyclic) bond motifs is 5. The van der Waals surface area contributed by atoms with Crippen LogP contribution in [-0.4, -0.2) is 24.3 Å². The van der Waals surface area contributed by atoms with E-state index in [9.17, 15) is 9.90 Å². The molecule has 30 heavy (non-hydrogen) atoms. The summed E-state index contributed by atoms with van der Waals surface area (Å²) in [6, 6.07) is 0. The molecule has 4 aliphatic rings. The van der Waals surface area contributed by atoms with E-state index in [-0.39, 0.29) is 17.5 Å². The van der Waals surface area contributed by atoms with Gasteiger partial charge in [0, 0.05) is 6.42 Å². The minimum absolute atomic E-state index is 0.0748. The highest BCUT2D eigenvalue weighted by Gasteiger charge is 2.56. The van der Waals surface area contributed by atoms with Crippen LogP contribution in [0.5, 0.6) is 0 Å². The van der Waals surface area contributed by atoms with Gasteiger partial charge in [-0.3, -0.25) is 4.79 Å². The van der Waals surface area contributed by atoms with Crippen molar-refractivity contribution in [3.8, 4) is 0 Å². The Morgan fingerprint density at radius 3 is 2.70 bits per heavy atom. The molecule has 3 fully saturated rings. The molecule has 0 aromatic carbocycles. The van der Waals surface area contributed by atoms with Crippen molar-refractivity contribution in [2.75, 3.05) is 7.11 Å². The molecule has 168 valence electrons. The largest absolute Gasteiger partial charge is 0.469 e. The van der Waals surface area contributed by atoms with E-state index in [1.807, 2.05) is 0 Å². The molecular weight excluding hydrogens is 372 g/mol. The summed E-state index contributed by atoms with van der Waals surface area (Å²) < 4.78 is 4.78. The molecule has 0 amide bonds. The smallest absolute Gasteiger partial charge is 0.305 e. The predicted octanol–water partition coefficient (Wildman–Crippen LogP) is 6.22. The zero-order chi connectivity index (χ0) is 21.5. The number of carbonyl (C=O) groups excluding carboxylic acids is 1. The highest BCUT2D eigenvalue weighted by molar-refractivity contribution is 5.68. The summed E-state index contributed by atoms with van der Waals surface area (Å²) in [6.45, 7) is 7.53. The quantitative estimate of drug-likeness (QED) is 0.415. The first-order valence-corrected chi connectivity index (χ1v) is 12.5. The molecule has 3 saturated carbocycles. The van der Waals surface area contributed by atoms with E-state index in [0.717, 1.165) is 49.9 Å². The van der Waals surface area contributed by atoms with Crippen LogP contribution in [0.4, 0.5) is 0 Å². The predicted molar refractivity (Wildman–Crippen MR) is 121 cm³/mol. The molecule has 0 aliphatic heterocycles. The van der Waals surface area contributed by atoms with Crippen molar-refractivity contribution in [2.45, 2.75) is 97.5 Å². The number of methoxy groups -OCH3 is 1. The van der Waals surface area contributed by atoms with Crippen molar-refractivity contribution in [1.29, 1.82) is 0 Å². The van der Waals surface area contributed by atoms with E-state index in [4.69, 9.17) is 4.74 Å². The van der Waals surface area contributed by atoms with Crippen LogP contribution in [-0.2, 0) is 9.53 Å². The molecule has 4 aliphatic carbocycles. The van der Waals surface area contributed by atoms with Gasteiger partial charge in [-0.25, -0.2) is 0 Å². The maximum atomic E-state index is 11.4. The van der Waals surface area contributed by atoms with Gasteiger partial charge in [-0.1, -0.05) is 56.9 Å². The second kappa shape index (κ2) is 8.45. The van der Waals surface area contributed by atoms with E-state index in [1.54, 1.807) is 5.57 Å². The Bertz CT molecular complexity index is 722. The molecule has 0 unspecified atom stereocenters. The molecule has 0 aromatic heterocycles. The lowest BCUT2D eigenvalue weighted by Crippen LogP contribution is -2.46. The SMILES string of the molecule is COC(=O)CCCC[C@@H](C)[C@H]1CC[C@H]2C3=CC=C4C[C@@H](O)CC[C@]4(C)[C@H]3CC[C@]12C. The van der Waals surface area contributed by atoms with Crippen molar-refractivity contribution in [3.05, 3.63) is 23.3 Å². The fraction of sp³-hybridized carbons (Fsp3) is 0.815. The van der Waals surface area contributed by atoms with Crippen molar-refractivity contribution in [3.63, 3.8) is 0 Å². The summed E-state index contributed by atoms with van der Waals surface area (Å²) in [7, 11) is 1.48. The summed E-state index contributed by atoms with van der Waals surface area (Å²) in [5, 5.41) is 10.2. The topological polar surface area (TPSA) is 46.5 Å². The van der Waals surface area contributed by atoms with Gasteiger partial charge >= 0.3 is 5.97 Å². The number of aliphatic hydroxyl groups is 1. The number of ether oxygens (including phenoxy) is 1. The van der Waals surface area contributed by atoms with Gasteiger partial charge in [-0.2, -0.15) is 0 Å². The summed E-state index contributed by atoms with van der Waals surface area (Å²) in [5.74, 6) is 2.88. The Morgan fingerprint density at radius 1 is 1.13 bits per heavy atom. The number of hydrogen-bond acceptors (Lipinski definition) is 3. The number of unbranched alkanes of at least 4 members (excludes halogenated alkanes) is 1. The van der Waals surface area contributed by atoms with E-state index >= 15 is 0 Å². The monoisotopic (exact) mass is 414 g/mol. The summed E-state index contributed by atoms with van der Waals surface area (Å²) in [4.78, 5) is 11.4. The average molecular weight is 415 g/mol. The van der Waals surface area contributed by atoms with Gasteiger partial charge in [0.15, 0.2) is 0 Å². The number of esters is 1. The van der Waals surface area contributed by atoms with E-state index in [0.29, 0.717) is 17.8 Å². The van der Waals surface area contributed by atoms with Crippen molar-refractivity contribution >= 4 is 5.97 Å². The molecule has 3 heteroatoms. The Kier molecular flexibility index (Phi) is 6.23. The molecule has 4 rings (SSSR count). The lowest BCUT2D eigenvalue weighted by Gasteiger charge is -2.55. The Labute approximate surface area is 183 Å². The second-order valence-electron chi connectivity index (χ2n) is 11.3. The summed E-state index contributed by atoms with van der Waals surface area (Å²) in [6.07, 6.45) is 17.0. The molecule has 1 N–H and O–H groups in total. The molecule has 0 heterocycles. The minimum Gasteiger partial charge on any atom is -0.469 e. The van der Waals surface area contributed by atoms with Gasteiger partial charge < -0.3 is 9.84 Å². The molecular formula is C27H42O3. The first kappa shape index (κ1) is 22.1. The second-order valence-corrected chi connectivity index (χ2v) is 11.3. The molecule has 0 aromatic rings. The van der Waals surface area contributed by atoms with Gasteiger partial charge in [0.25, 0.3) is 0 Å². The Balaban J connectivity index is 1.45. The van der Waals surface area contributed by atoms with E-state index in [1.165, 1.54) is 44.8 Å². The maximum Gasteiger partial charge on any atom is 0.305 e. The van der Waals surface area contributed by atoms with Crippen LogP contribution in [0.15, 0.2) is 23.3 Å². The maximum absolute atomic E-state index is 11.4. The van der Waals surface area contributed by atoms with Gasteiger partial charge in [-0.05, 0) is 85.9 Å². The minimum atomic E-state index is -0.135. The third kappa shape index (κ3) is 3.70. The lowest BCUT2D eigenvalue weighted by atomic mass is 9.50. The van der Waals surface area contributed by atoms with Crippen LogP contribution in [0.2, 0.25) is 0 Å². The van der Waals surface area contributed by atoms with Crippen LogP contribution >= 0.6 is 0 Å². The van der Waals surface area contributed by atoms with Crippen LogP contribution in [0.3, 0.4) is 0 Å². The van der Waals surface area contributed by atoms with Crippen LogP contribution < -0.4 is 0 Å². The molecule has 0 radical (unpaired) electrons. The van der Waals surface area contributed by atoms with E-state index in [2.05, 4.69) is 32.9 Å². The van der Waals surface area contributed by atoms with Crippen molar-refractivity contribution in [2.24, 2.45) is 34.5 Å². The fourth-order valence-electron chi connectivity index (χ4n) is 8.00. The fourth-order valence-corrected chi connectivity index (χ4v) is 8.00. The first-order chi connectivity index (χ1) is 14.3. The third-order valence-electron chi connectivity index (χ3n) is 9.82. The standard InChI is InChI=1S/C27H42O3/c1-18(7-5-6-8-25(29)30-4)22-11-12-23-21-10-9-19-17-20(28)13-15-26(19,2)24(21)14-16-27(22,23)3/h9-10,18,20,22-24,28H,5-8,11-17H2,1-4H3/t18-,20+,22-,23+,24+,26+,27-/m1/s1. The highest BCUT2D eigenvalue weighted by Crippen LogP contribution is 2.66. The van der Waals surface area contributed by atoms with Crippen molar-refractivity contribution < 1.29 is 14.6 Å². The van der Waals surface area contributed by atoms with Gasteiger partial charge in [0.1, 0.15) is 0 Å². The molecule has 3 nitrogen and oxygen atoms in total. The number of rotatable bonds is 6. The van der Waals surface area contributed by atoms with Gasteiger partial charge in [0.2, 0.25) is 0 Å². The zero-order valence-corrected chi connectivity index (χ0v) is 19.6. The summed E-state index contributed by atoms with van der Waals surface area (Å²) >= 11 is 0. The number of allylic oxidation sites excluding steroid dienone is 3. The Morgan fingerprint density at radius 2 is 1.93 bits per heavy atom. The summed E-state index contributed by atoms with van der Waals surface area (Å²) in [5.41, 5.74) is 3.96. The average Bonchev–Trinajstić information content (AvgIpc) is 3.08. The highest BCUT2D eigenvalue weighted by atomic mass is 16.5. The normalized spacial score (nSPS) is 41.1.